The molecule has 4 nitrogen and oxygen atoms in total. The monoisotopic (exact) mass is 286 g/mol. The lowest BCUT2D eigenvalue weighted by Crippen LogP contribution is -2.13. The summed E-state index contributed by atoms with van der Waals surface area (Å²) < 4.78 is 15.4. The molecule has 0 N–H and O–H groups in total. The summed E-state index contributed by atoms with van der Waals surface area (Å²) in [5.74, 6) is -0.120. The Bertz CT molecular complexity index is 381. The van der Waals surface area contributed by atoms with Crippen molar-refractivity contribution in [3.8, 4) is 0 Å². The van der Waals surface area contributed by atoms with E-state index >= 15 is 0 Å². The van der Waals surface area contributed by atoms with Gasteiger partial charge < -0.3 is 14.2 Å². The SMILES string of the molecule is COCCCOCCOCC(=O)c1ccccc1Cl. The molecule has 0 atom stereocenters. The van der Waals surface area contributed by atoms with Crippen LogP contribution >= 0.6 is 11.6 Å². The van der Waals surface area contributed by atoms with Gasteiger partial charge in [-0.15, -0.1) is 0 Å². The summed E-state index contributed by atoms with van der Waals surface area (Å²) in [4.78, 5) is 11.8. The minimum Gasteiger partial charge on any atom is -0.385 e. The van der Waals surface area contributed by atoms with E-state index in [9.17, 15) is 4.79 Å². The van der Waals surface area contributed by atoms with Crippen molar-refractivity contribution in [2.75, 3.05) is 40.1 Å². The number of hydrogen-bond acceptors (Lipinski definition) is 4. The van der Waals surface area contributed by atoms with Crippen LogP contribution < -0.4 is 0 Å². The average Bonchev–Trinajstić information content (AvgIpc) is 2.42. The molecular formula is C14H19ClO4. The fourth-order valence-corrected chi connectivity index (χ4v) is 1.70. The lowest BCUT2D eigenvalue weighted by Gasteiger charge is -2.06. The normalized spacial score (nSPS) is 10.6. The molecule has 5 heteroatoms. The van der Waals surface area contributed by atoms with Crippen molar-refractivity contribution in [2.45, 2.75) is 6.42 Å². The number of ketones is 1. The van der Waals surface area contributed by atoms with Gasteiger partial charge in [-0.25, -0.2) is 0 Å². The van der Waals surface area contributed by atoms with Crippen LogP contribution in [0.2, 0.25) is 5.02 Å². The van der Waals surface area contributed by atoms with Crippen LogP contribution in [0.4, 0.5) is 0 Å². The second-order valence-corrected chi connectivity index (χ2v) is 4.32. The third-order valence-corrected chi connectivity index (χ3v) is 2.75. The Morgan fingerprint density at radius 2 is 1.84 bits per heavy atom. The van der Waals surface area contributed by atoms with Gasteiger partial charge in [0.25, 0.3) is 0 Å². The lowest BCUT2D eigenvalue weighted by atomic mass is 10.1. The highest BCUT2D eigenvalue weighted by atomic mass is 35.5. The molecule has 1 rings (SSSR count). The predicted molar refractivity (Wildman–Crippen MR) is 73.9 cm³/mol. The van der Waals surface area contributed by atoms with Gasteiger partial charge >= 0.3 is 0 Å². The Morgan fingerprint density at radius 3 is 2.58 bits per heavy atom. The van der Waals surface area contributed by atoms with Crippen LogP contribution in [0.15, 0.2) is 24.3 Å². The molecule has 0 aliphatic carbocycles. The van der Waals surface area contributed by atoms with Gasteiger partial charge in [0.2, 0.25) is 0 Å². The number of ether oxygens (including phenoxy) is 3. The first-order chi connectivity index (χ1) is 9.25. The van der Waals surface area contributed by atoms with Crippen LogP contribution in [0.3, 0.4) is 0 Å². The van der Waals surface area contributed by atoms with Crippen molar-refractivity contribution in [2.24, 2.45) is 0 Å². The van der Waals surface area contributed by atoms with Crippen molar-refractivity contribution < 1.29 is 19.0 Å². The van der Waals surface area contributed by atoms with Crippen LogP contribution in [0, 0.1) is 0 Å². The maximum absolute atomic E-state index is 11.8. The number of Topliss-reactive ketones (excluding diaryl/α,β-unsaturated/α-hetero) is 1. The number of hydrogen-bond donors (Lipinski definition) is 0. The summed E-state index contributed by atoms with van der Waals surface area (Å²) in [6.45, 7) is 2.20. The summed E-state index contributed by atoms with van der Waals surface area (Å²) in [6.07, 6.45) is 0.856. The Hall–Kier alpha value is -0.940. The van der Waals surface area contributed by atoms with Gasteiger partial charge in [0.1, 0.15) is 6.61 Å². The first kappa shape index (κ1) is 16.1. The second kappa shape index (κ2) is 9.92. The van der Waals surface area contributed by atoms with E-state index in [-0.39, 0.29) is 12.4 Å². The zero-order chi connectivity index (χ0) is 13.9. The standard InChI is InChI=1S/C14H19ClO4/c1-17-7-4-8-18-9-10-19-11-14(16)12-5-2-3-6-13(12)15/h2-3,5-6H,4,7-11H2,1H3. The van der Waals surface area contributed by atoms with Crippen LogP contribution in [0.25, 0.3) is 0 Å². The van der Waals surface area contributed by atoms with Crippen molar-refractivity contribution in [3.63, 3.8) is 0 Å². The molecule has 0 bridgehead atoms. The quantitative estimate of drug-likeness (QED) is 0.490. The highest BCUT2D eigenvalue weighted by Crippen LogP contribution is 2.15. The van der Waals surface area contributed by atoms with Crippen LogP contribution in [0.5, 0.6) is 0 Å². The van der Waals surface area contributed by atoms with E-state index in [1.165, 1.54) is 0 Å². The lowest BCUT2D eigenvalue weighted by molar-refractivity contribution is 0.0382. The molecule has 0 aliphatic rings. The summed E-state index contributed by atoms with van der Waals surface area (Å²) in [7, 11) is 1.66. The van der Waals surface area contributed by atoms with E-state index < -0.39 is 0 Å². The number of rotatable bonds is 10. The number of carbonyl (C=O) groups is 1. The number of benzene rings is 1. The van der Waals surface area contributed by atoms with Crippen molar-refractivity contribution in [1.29, 1.82) is 0 Å². The van der Waals surface area contributed by atoms with Gasteiger partial charge in [-0.05, 0) is 18.6 Å². The highest BCUT2D eigenvalue weighted by Gasteiger charge is 2.09. The van der Waals surface area contributed by atoms with Crippen molar-refractivity contribution in [1.82, 2.24) is 0 Å². The van der Waals surface area contributed by atoms with E-state index in [0.29, 0.717) is 37.0 Å². The Balaban J connectivity index is 2.10. The van der Waals surface area contributed by atoms with Gasteiger partial charge in [-0.1, -0.05) is 23.7 Å². The first-order valence-electron chi connectivity index (χ1n) is 6.18. The van der Waals surface area contributed by atoms with Crippen molar-refractivity contribution in [3.05, 3.63) is 34.9 Å². The van der Waals surface area contributed by atoms with Gasteiger partial charge in [0.15, 0.2) is 5.78 Å². The van der Waals surface area contributed by atoms with Crippen LogP contribution in [-0.4, -0.2) is 45.9 Å². The molecule has 0 heterocycles. The molecular weight excluding hydrogens is 268 g/mol. The minimum absolute atomic E-state index is 0.0190. The Labute approximate surface area is 118 Å². The van der Waals surface area contributed by atoms with E-state index in [0.717, 1.165) is 6.42 Å². The Morgan fingerprint density at radius 1 is 1.11 bits per heavy atom. The van der Waals surface area contributed by atoms with Crippen LogP contribution in [-0.2, 0) is 14.2 Å². The van der Waals surface area contributed by atoms with Gasteiger partial charge in [-0.3, -0.25) is 4.79 Å². The molecule has 0 aliphatic heterocycles. The van der Waals surface area contributed by atoms with Crippen LogP contribution in [0.1, 0.15) is 16.8 Å². The minimum atomic E-state index is -0.120. The molecule has 1 aromatic rings. The Kier molecular flexibility index (Phi) is 8.41. The molecule has 0 aromatic heterocycles. The second-order valence-electron chi connectivity index (χ2n) is 3.91. The molecule has 19 heavy (non-hydrogen) atoms. The van der Waals surface area contributed by atoms with Gasteiger partial charge in [0, 0.05) is 25.9 Å². The summed E-state index contributed by atoms with van der Waals surface area (Å²) in [6, 6.07) is 6.94. The predicted octanol–water partition coefficient (Wildman–Crippen LogP) is 2.59. The molecule has 0 amide bonds. The maximum atomic E-state index is 11.8. The molecule has 0 spiro atoms. The molecule has 0 saturated heterocycles. The molecule has 0 saturated carbocycles. The molecule has 0 fully saturated rings. The summed E-state index contributed by atoms with van der Waals surface area (Å²) in [5.41, 5.74) is 0.491. The smallest absolute Gasteiger partial charge is 0.189 e. The zero-order valence-electron chi connectivity index (χ0n) is 11.1. The average molecular weight is 287 g/mol. The van der Waals surface area contributed by atoms with E-state index in [1.54, 1.807) is 31.4 Å². The van der Waals surface area contributed by atoms with E-state index in [1.807, 2.05) is 0 Å². The number of carbonyl (C=O) groups excluding carboxylic acids is 1. The maximum Gasteiger partial charge on any atom is 0.189 e. The van der Waals surface area contributed by atoms with Gasteiger partial charge in [0.05, 0.1) is 18.2 Å². The van der Waals surface area contributed by atoms with E-state index in [2.05, 4.69) is 0 Å². The first-order valence-corrected chi connectivity index (χ1v) is 6.55. The molecule has 0 radical (unpaired) electrons. The fraction of sp³-hybridized carbons (Fsp3) is 0.500. The number of halogens is 1. The zero-order valence-corrected chi connectivity index (χ0v) is 11.8. The third-order valence-electron chi connectivity index (χ3n) is 2.42. The van der Waals surface area contributed by atoms with Crippen molar-refractivity contribution >= 4 is 17.4 Å². The molecule has 106 valence electrons. The third kappa shape index (κ3) is 6.68. The topological polar surface area (TPSA) is 44.8 Å². The van der Waals surface area contributed by atoms with E-state index in [4.69, 9.17) is 25.8 Å². The summed E-state index contributed by atoms with van der Waals surface area (Å²) in [5, 5.41) is 0.451. The highest BCUT2D eigenvalue weighted by molar-refractivity contribution is 6.34. The largest absolute Gasteiger partial charge is 0.385 e. The van der Waals surface area contributed by atoms with Gasteiger partial charge in [-0.2, -0.15) is 0 Å². The fourth-order valence-electron chi connectivity index (χ4n) is 1.46. The molecule has 1 aromatic carbocycles. The molecule has 0 unspecified atom stereocenters. The number of methoxy groups -OCH3 is 1. The summed E-state index contributed by atoms with van der Waals surface area (Å²) >= 11 is 5.92.